The smallest absolute Gasteiger partial charge is 0.227 e. The van der Waals surface area contributed by atoms with Gasteiger partial charge in [-0.05, 0) is 19.5 Å². The van der Waals surface area contributed by atoms with Gasteiger partial charge in [0.15, 0.2) is 0 Å². The maximum atomic E-state index is 5.41. The van der Waals surface area contributed by atoms with Crippen LogP contribution in [0.15, 0.2) is 30.3 Å². The van der Waals surface area contributed by atoms with Crippen molar-refractivity contribution in [2.75, 3.05) is 50.1 Å². The number of aromatic nitrogens is 2. The van der Waals surface area contributed by atoms with Crippen LogP contribution in [0.4, 0.5) is 11.8 Å². The zero-order valence-electron chi connectivity index (χ0n) is 15.3. The molecule has 1 N–H and O–H groups in total. The Hall–Kier alpha value is -2.34. The van der Waals surface area contributed by atoms with E-state index in [4.69, 9.17) is 9.72 Å². The molecule has 2 heterocycles. The van der Waals surface area contributed by atoms with Crippen molar-refractivity contribution in [3.63, 3.8) is 0 Å². The standard InChI is InChI=1S/C19H27N5O/c1-4-23-9-11-24(12-10-23)19-21-15(2)13-18(22-19)20-14-16-7-5-6-8-17(16)25-3/h5-8,13H,4,9-12,14H2,1-3H3,(H,20,21,22). The number of piperazine rings is 1. The molecule has 1 aliphatic heterocycles. The lowest BCUT2D eigenvalue weighted by molar-refractivity contribution is 0.270. The van der Waals surface area contributed by atoms with E-state index in [2.05, 4.69) is 33.1 Å². The quantitative estimate of drug-likeness (QED) is 0.871. The molecule has 0 unspecified atom stereocenters. The average Bonchev–Trinajstić information content (AvgIpc) is 2.66. The zero-order chi connectivity index (χ0) is 17.6. The minimum absolute atomic E-state index is 0.670. The third kappa shape index (κ3) is 4.39. The molecule has 0 saturated carbocycles. The predicted molar refractivity (Wildman–Crippen MR) is 101 cm³/mol. The Morgan fingerprint density at radius 3 is 2.60 bits per heavy atom. The van der Waals surface area contributed by atoms with Crippen LogP contribution in [-0.4, -0.2) is 54.7 Å². The third-order valence-corrected chi connectivity index (χ3v) is 4.60. The summed E-state index contributed by atoms with van der Waals surface area (Å²) >= 11 is 0. The minimum Gasteiger partial charge on any atom is -0.496 e. The summed E-state index contributed by atoms with van der Waals surface area (Å²) in [5.41, 5.74) is 2.09. The Balaban J connectivity index is 1.69. The van der Waals surface area contributed by atoms with Crippen LogP contribution in [-0.2, 0) is 6.54 Å². The summed E-state index contributed by atoms with van der Waals surface area (Å²) in [5.74, 6) is 2.56. The molecule has 6 nitrogen and oxygen atoms in total. The Bertz CT molecular complexity index is 698. The number of para-hydroxylation sites is 1. The third-order valence-electron chi connectivity index (χ3n) is 4.60. The highest BCUT2D eigenvalue weighted by atomic mass is 16.5. The second-order valence-corrected chi connectivity index (χ2v) is 6.28. The number of ether oxygens (including phenoxy) is 1. The molecule has 1 aromatic heterocycles. The molecule has 1 aromatic carbocycles. The first-order chi connectivity index (χ1) is 12.2. The number of anilines is 2. The summed E-state index contributed by atoms with van der Waals surface area (Å²) in [6.45, 7) is 10.1. The molecule has 0 atom stereocenters. The topological polar surface area (TPSA) is 53.5 Å². The molecule has 0 radical (unpaired) electrons. The van der Waals surface area contributed by atoms with Gasteiger partial charge in [-0.25, -0.2) is 4.98 Å². The fourth-order valence-corrected chi connectivity index (χ4v) is 3.08. The Labute approximate surface area is 149 Å². The normalized spacial score (nSPS) is 15.2. The van der Waals surface area contributed by atoms with E-state index < -0.39 is 0 Å². The Morgan fingerprint density at radius 2 is 1.88 bits per heavy atom. The van der Waals surface area contributed by atoms with Crippen molar-refractivity contribution >= 4 is 11.8 Å². The summed E-state index contributed by atoms with van der Waals surface area (Å²) < 4.78 is 5.41. The summed E-state index contributed by atoms with van der Waals surface area (Å²) in [4.78, 5) is 14.1. The molecule has 3 rings (SSSR count). The van der Waals surface area contributed by atoms with Crippen LogP contribution in [0.2, 0.25) is 0 Å². The second kappa shape index (κ2) is 8.16. The van der Waals surface area contributed by atoms with E-state index in [9.17, 15) is 0 Å². The maximum absolute atomic E-state index is 5.41. The minimum atomic E-state index is 0.670. The van der Waals surface area contributed by atoms with Gasteiger partial charge < -0.3 is 19.9 Å². The molecule has 1 aliphatic rings. The fourth-order valence-electron chi connectivity index (χ4n) is 3.08. The lowest BCUT2D eigenvalue weighted by atomic mass is 10.2. The van der Waals surface area contributed by atoms with Gasteiger partial charge in [0.2, 0.25) is 5.95 Å². The van der Waals surface area contributed by atoms with Crippen LogP contribution in [0.25, 0.3) is 0 Å². The van der Waals surface area contributed by atoms with E-state index in [0.717, 1.165) is 61.5 Å². The van der Waals surface area contributed by atoms with Crippen LogP contribution in [0.1, 0.15) is 18.2 Å². The van der Waals surface area contributed by atoms with Gasteiger partial charge in [-0.3, -0.25) is 0 Å². The van der Waals surface area contributed by atoms with Crippen molar-refractivity contribution < 1.29 is 4.74 Å². The molecular weight excluding hydrogens is 314 g/mol. The van der Waals surface area contributed by atoms with Gasteiger partial charge in [0, 0.05) is 50.0 Å². The molecule has 1 fully saturated rings. The predicted octanol–water partition coefficient (Wildman–Crippen LogP) is 2.55. The monoisotopic (exact) mass is 341 g/mol. The van der Waals surface area contributed by atoms with Gasteiger partial charge in [0.1, 0.15) is 11.6 Å². The molecule has 0 bridgehead atoms. The number of aryl methyl sites for hydroxylation is 1. The van der Waals surface area contributed by atoms with Crippen LogP contribution in [0, 0.1) is 6.92 Å². The maximum Gasteiger partial charge on any atom is 0.227 e. The van der Waals surface area contributed by atoms with Crippen molar-refractivity contribution in [3.05, 3.63) is 41.6 Å². The number of likely N-dealkylation sites (N-methyl/N-ethyl adjacent to an activating group) is 1. The Morgan fingerprint density at radius 1 is 1.12 bits per heavy atom. The SMILES string of the molecule is CCN1CCN(c2nc(C)cc(NCc3ccccc3OC)n2)CC1. The molecule has 134 valence electrons. The first kappa shape index (κ1) is 17.5. The van der Waals surface area contributed by atoms with E-state index in [1.807, 2.05) is 31.2 Å². The van der Waals surface area contributed by atoms with E-state index in [0.29, 0.717) is 6.54 Å². The van der Waals surface area contributed by atoms with E-state index >= 15 is 0 Å². The first-order valence-corrected chi connectivity index (χ1v) is 8.88. The van der Waals surface area contributed by atoms with Crippen LogP contribution in [0.3, 0.4) is 0 Å². The van der Waals surface area contributed by atoms with Gasteiger partial charge in [-0.15, -0.1) is 0 Å². The molecule has 0 spiro atoms. The number of nitrogens with one attached hydrogen (secondary N) is 1. The number of hydrogen-bond acceptors (Lipinski definition) is 6. The van der Waals surface area contributed by atoms with Crippen LogP contribution < -0.4 is 15.0 Å². The van der Waals surface area contributed by atoms with Crippen molar-refractivity contribution in [2.24, 2.45) is 0 Å². The lowest BCUT2D eigenvalue weighted by Crippen LogP contribution is -2.46. The number of rotatable bonds is 6. The van der Waals surface area contributed by atoms with Gasteiger partial charge in [-0.2, -0.15) is 4.98 Å². The summed E-state index contributed by atoms with van der Waals surface area (Å²) in [7, 11) is 1.70. The van der Waals surface area contributed by atoms with Crippen molar-refractivity contribution in [1.82, 2.24) is 14.9 Å². The molecule has 2 aromatic rings. The highest BCUT2D eigenvalue weighted by molar-refractivity contribution is 5.45. The zero-order valence-corrected chi connectivity index (χ0v) is 15.3. The molecule has 0 amide bonds. The molecule has 1 saturated heterocycles. The molecule has 6 heteroatoms. The first-order valence-electron chi connectivity index (χ1n) is 8.88. The highest BCUT2D eigenvalue weighted by Crippen LogP contribution is 2.20. The molecule has 0 aliphatic carbocycles. The van der Waals surface area contributed by atoms with E-state index in [1.165, 1.54) is 0 Å². The number of hydrogen-bond donors (Lipinski definition) is 1. The molecule has 25 heavy (non-hydrogen) atoms. The van der Waals surface area contributed by atoms with E-state index in [1.54, 1.807) is 7.11 Å². The van der Waals surface area contributed by atoms with Crippen molar-refractivity contribution in [2.45, 2.75) is 20.4 Å². The fraction of sp³-hybridized carbons (Fsp3) is 0.474. The number of benzene rings is 1. The van der Waals surface area contributed by atoms with Gasteiger partial charge >= 0.3 is 0 Å². The summed E-state index contributed by atoms with van der Waals surface area (Å²) in [6, 6.07) is 10.0. The summed E-state index contributed by atoms with van der Waals surface area (Å²) in [6.07, 6.45) is 0. The Kier molecular flexibility index (Phi) is 5.71. The summed E-state index contributed by atoms with van der Waals surface area (Å²) in [5, 5.41) is 3.41. The van der Waals surface area contributed by atoms with Crippen molar-refractivity contribution in [3.8, 4) is 5.75 Å². The van der Waals surface area contributed by atoms with Crippen molar-refractivity contribution in [1.29, 1.82) is 0 Å². The number of methoxy groups -OCH3 is 1. The number of nitrogens with zero attached hydrogens (tertiary/aromatic N) is 4. The van der Waals surface area contributed by atoms with Gasteiger partial charge in [-0.1, -0.05) is 25.1 Å². The lowest BCUT2D eigenvalue weighted by Gasteiger charge is -2.34. The highest BCUT2D eigenvalue weighted by Gasteiger charge is 2.18. The second-order valence-electron chi connectivity index (χ2n) is 6.28. The van der Waals surface area contributed by atoms with Gasteiger partial charge in [0.25, 0.3) is 0 Å². The van der Waals surface area contributed by atoms with Crippen LogP contribution >= 0.6 is 0 Å². The average molecular weight is 341 g/mol. The molecular formula is C19H27N5O. The van der Waals surface area contributed by atoms with Gasteiger partial charge in [0.05, 0.1) is 7.11 Å². The van der Waals surface area contributed by atoms with E-state index in [-0.39, 0.29) is 0 Å². The largest absolute Gasteiger partial charge is 0.496 e. The van der Waals surface area contributed by atoms with Crippen LogP contribution in [0.5, 0.6) is 5.75 Å².